The zero-order valence-corrected chi connectivity index (χ0v) is 19.0. The van der Waals surface area contributed by atoms with E-state index in [2.05, 4.69) is 4.72 Å². The Balaban J connectivity index is 2.33. The fourth-order valence-electron chi connectivity index (χ4n) is 2.80. The number of carboxylic acids is 1. The number of ether oxygens (including phenoxy) is 1. The van der Waals surface area contributed by atoms with Gasteiger partial charge in [0.25, 0.3) is 0 Å². The molecule has 0 radical (unpaired) electrons. The highest BCUT2D eigenvalue weighted by atomic mass is 32.2. The third-order valence-electron chi connectivity index (χ3n) is 4.50. The van der Waals surface area contributed by atoms with E-state index in [1.54, 1.807) is 51.1 Å². The molecule has 0 aliphatic rings. The average Bonchev–Trinajstić information content (AvgIpc) is 2.68. The first-order chi connectivity index (χ1) is 14.8. The first kappa shape index (κ1) is 25.4. The van der Waals surface area contributed by atoms with Gasteiger partial charge in [0.2, 0.25) is 0 Å². The van der Waals surface area contributed by atoms with Crippen LogP contribution in [0.1, 0.15) is 45.2 Å². The molecule has 32 heavy (non-hydrogen) atoms. The van der Waals surface area contributed by atoms with Crippen LogP contribution in [0, 0.1) is 11.6 Å². The lowest BCUT2D eigenvalue weighted by Gasteiger charge is -2.33. The SMILES string of the molecule is CC(C)(C)S(=O)N[C@@](C)(CC(=O)O)c1ccc(F)c(NC(=O)OCc2ccccc2)c1F. The minimum absolute atomic E-state index is 0.113. The Labute approximate surface area is 187 Å². The lowest BCUT2D eigenvalue weighted by molar-refractivity contribution is -0.138. The molecule has 2 atom stereocenters. The summed E-state index contributed by atoms with van der Waals surface area (Å²) in [5.74, 6) is -3.55. The lowest BCUT2D eigenvalue weighted by atomic mass is 9.89. The number of benzene rings is 2. The van der Waals surface area contributed by atoms with Crippen molar-refractivity contribution in [2.45, 2.75) is 51.0 Å². The summed E-state index contributed by atoms with van der Waals surface area (Å²) in [6, 6.07) is 10.7. The summed E-state index contributed by atoms with van der Waals surface area (Å²) in [6.07, 6.45) is -1.73. The molecular formula is C22H26F2N2O5S. The third-order valence-corrected chi connectivity index (χ3v) is 6.25. The standard InChI is InChI=1S/C22H26F2N2O5S/c1-21(2,3)32(30)26-22(4,12-17(27)28)15-10-11-16(23)19(18(15)24)25-20(29)31-13-14-8-6-5-7-9-14/h5-11,26H,12-13H2,1-4H3,(H,25,29)(H,27,28)/t22-,32?/m0/s1. The molecule has 2 rings (SSSR count). The summed E-state index contributed by atoms with van der Waals surface area (Å²) in [5.41, 5.74) is -2.04. The number of hydrogen-bond donors (Lipinski definition) is 3. The maximum absolute atomic E-state index is 15.3. The van der Waals surface area contributed by atoms with Crippen LogP contribution in [0.5, 0.6) is 0 Å². The minimum atomic E-state index is -1.76. The van der Waals surface area contributed by atoms with Gasteiger partial charge < -0.3 is 9.84 Å². The molecule has 1 amide bonds. The van der Waals surface area contributed by atoms with Gasteiger partial charge in [0.05, 0.1) is 27.7 Å². The lowest BCUT2D eigenvalue weighted by Crippen LogP contribution is -2.48. The van der Waals surface area contributed by atoms with Gasteiger partial charge in [0.1, 0.15) is 18.1 Å². The summed E-state index contributed by atoms with van der Waals surface area (Å²) in [4.78, 5) is 23.6. The molecule has 0 bridgehead atoms. The predicted molar refractivity (Wildman–Crippen MR) is 117 cm³/mol. The molecule has 2 aromatic carbocycles. The first-order valence-electron chi connectivity index (χ1n) is 9.71. The van der Waals surface area contributed by atoms with Gasteiger partial charge in [0, 0.05) is 5.56 Å². The molecule has 3 N–H and O–H groups in total. The predicted octanol–water partition coefficient (Wildman–Crippen LogP) is 4.46. The smallest absolute Gasteiger partial charge is 0.412 e. The van der Waals surface area contributed by atoms with Crippen molar-refractivity contribution in [1.29, 1.82) is 0 Å². The number of hydrogen-bond acceptors (Lipinski definition) is 4. The number of aliphatic carboxylic acids is 1. The molecular weight excluding hydrogens is 442 g/mol. The first-order valence-corrected chi connectivity index (χ1v) is 10.9. The molecule has 0 fully saturated rings. The van der Waals surface area contributed by atoms with Crippen molar-refractivity contribution >= 4 is 28.7 Å². The molecule has 0 saturated heterocycles. The second-order valence-electron chi connectivity index (χ2n) is 8.36. The van der Waals surface area contributed by atoms with Crippen LogP contribution in [0.4, 0.5) is 19.3 Å². The molecule has 0 aliphatic carbocycles. The molecule has 2 aromatic rings. The van der Waals surface area contributed by atoms with Crippen molar-refractivity contribution in [3.63, 3.8) is 0 Å². The fraction of sp³-hybridized carbons (Fsp3) is 0.364. The normalized spacial score (nSPS) is 14.3. The van der Waals surface area contributed by atoms with Gasteiger partial charge >= 0.3 is 12.1 Å². The van der Waals surface area contributed by atoms with Crippen LogP contribution in [-0.2, 0) is 32.7 Å². The molecule has 174 valence electrons. The van der Waals surface area contributed by atoms with Crippen LogP contribution in [0.25, 0.3) is 0 Å². The number of rotatable bonds is 8. The monoisotopic (exact) mass is 468 g/mol. The van der Waals surface area contributed by atoms with E-state index in [0.717, 1.165) is 12.1 Å². The van der Waals surface area contributed by atoms with Crippen molar-refractivity contribution in [3.05, 3.63) is 65.2 Å². The van der Waals surface area contributed by atoms with E-state index in [-0.39, 0.29) is 12.2 Å². The minimum Gasteiger partial charge on any atom is -0.481 e. The molecule has 1 unspecified atom stereocenters. The molecule has 10 heteroatoms. The molecule has 0 saturated carbocycles. The second kappa shape index (κ2) is 10.2. The highest BCUT2D eigenvalue weighted by Gasteiger charge is 2.38. The molecule has 7 nitrogen and oxygen atoms in total. The Morgan fingerprint density at radius 2 is 1.69 bits per heavy atom. The van der Waals surface area contributed by atoms with Gasteiger partial charge in [-0.15, -0.1) is 0 Å². The van der Waals surface area contributed by atoms with Gasteiger partial charge in [-0.2, -0.15) is 0 Å². The number of carbonyl (C=O) groups is 2. The van der Waals surface area contributed by atoms with Crippen molar-refractivity contribution < 1.29 is 32.4 Å². The highest BCUT2D eigenvalue weighted by Crippen LogP contribution is 2.33. The summed E-state index contributed by atoms with van der Waals surface area (Å²) in [7, 11) is -1.76. The number of carboxylic acid groups (broad SMARTS) is 1. The Bertz CT molecular complexity index is 1010. The zero-order valence-electron chi connectivity index (χ0n) is 18.2. The van der Waals surface area contributed by atoms with Crippen molar-refractivity contribution in [1.82, 2.24) is 4.72 Å². The maximum Gasteiger partial charge on any atom is 0.412 e. The van der Waals surface area contributed by atoms with Crippen LogP contribution in [0.3, 0.4) is 0 Å². The Kier molecular flexibility index (Phi) is 8.08. The van der Waals surface area contributed by atoms with E-state index in [1.165, 1.54) is 6.92 Å². The number of carbonyl (C=O) groups excluding carboxylic acids is 1. The van der Waals surface area contributed by atoms with E-state index in [1.807, 2.05) is 5.32 Å². The number of amides is 1. The second-order valence-corrected chi connectivity index (χ2v) is 10.3. The van der Waals surface area contributed by atoms with Crippen molar-refractivity contribution in [2.75, 3.05) is 5.32 Å². The van der Waals surface area contributed by atoms with E-state index >= 15 is 4.39 Å². The number of anilines is 1. The van der Waals surface area contributed by atoms with Crippen LogP contribution in [0.2, 0.25) is 0 Å². The van der Waals surface area contributed by atoms with E-state index < -0.39 is 57.1 Å². The van der Waals surface area contributed by atoms with E-state index in [9.17, 15) is 23.3 Å². The maximum atomic E-state index is 15.3. The van der Waals surface area contributed by atoms with Gasteiger partial charge in [-0.05, 0) is 39.3 Å². The molecule has 0 spiro atoms. The third kappa shape index (κ3) is 6.57. The van der Waals surface area contributed by atoms with Crippen LogP contribution in [0.15, 0.2) is 42.5 Å². The highest BCUT2D eigenvalue weighted by molar-refractivity contribution is 7.84. The summed E-state index contributed by atoms with van der Waals surface area (Å²) >= 11 is 0. The summed E-state index contributed by atoms with van der Waals surface area (Å²) < 4.78 is 49.1. The van der Waals surface area contributed by atoms with Gasteiger partial charge in [-0.25, -0.2) is 22.5 Å². The average molecular weight is 469 g/mol. The Morgan fingerprint density at radius 3 is 2.25 bits per heavy atom. The van der Waals surface area contributed by atoms with E-state index in [4.69, 9.17) is 4.74 Å². The zero-order chi connectivity index (χ0) is 24.1. The molecule has 0 heterocycles. The van der Waals surface area contributed by atoms with Crippen molar-refractivity contribution in [2.24, 2.45) is 0 Å². The van der Waals surface area contributed by atoms with E-state index in [0.29, 0.717) is 5.56 Å². The Morgan fingerprint density at radius 1 is 1.06 bits per heavy atom. The number of nitrogens with one attached hydrogen (secondary N) is 2. The van der Waals surface area contributed by atoms with Crippen LogP contribution >= 0.6 is 0 Å². The number of halogens is 2. The Hall–Kier alpha value is -2.85. The van der Waals surface area contributed by atoms with Gasteiger partial charge in [-0.1, -0.05) is 36.4 Å². The van der Waals surface area contributed by atoms with Crippen LogP contribution < -0.4 is 10.0 Å². The molecule has 0 aromatic heterocycles. The topological polar surface area (TPSA) is 105 Å². The fourth-order valence-corrected chi connectivity index (χ4v) is 3.70. The quantitative estimate of drug-likeness (QED) is 0.531. The van der Waals surface area contributed by atoms with Crippen molar-refractivity contribution in [3.8, 4) is 0 Å². The van der Waals surface area contributed by atoms with Gasteiger partial charge in [-0.3, -0.25) is 10.1 Å². The van der Waals surface area contributed by atoms with Gasteiger partial charge in [0.15, 0.2) is 5.82 Å². The summed E-state index contributed by atoms with van der Waals surface area (Å²) in [5, 5.41) is 11.4. The van der Waals surface area contributed by atoms with Crippen LogP contribution in [-0.4, -0.2) is 26.1 Å². The largest absolute Gasteiger partial charge is 0.481 e. The molecule has 0 aliphatic heterocycles. The summed E-state index contributed by atoms with van der Waals surface area (Å²) in [6.45, 7) is 6.22.